The summed E-state index contributed by atoms with van der Waals surface area (Å²) in [7, 11) is 1.53. The SMILES string of the molecule is CCCCC=C(NOC)c1cc(C#N)c(=O)[nH]c1C. The van der Waals surface area contributed by atoms with Crippen molar-refractivity contribution in [2.75, 3.05) is 7.11 Å². The van der Waals surface area contributed by atoms with Crippen LogP contribution in [0, 0.1) is 18.3 Å². The van der Waals surface area contributed by atoms with Crippen LogP contribution in [-0.2, 0) is 4.84 Å². The van der Waals surface area contributed by atoms with Gasteiger partial charge in [0.2, 0.25) is 0 Å². The predicted molar refractivity (Wildman–Crippen MR) is 74.2 cm³/mol. The molecule has 19 heavy (non-hydrogen) atoms. The third-order valence-corrected chi connectivity index (χ3v) is 2.77. The Kier molecular flexibility index (Phi) is 5.83. The Bertz CT molecular complexity index is 553. The number of nitriles is 1. The van der Waals surface area contributed by atoms with Crippen LogP contribution < -0.4 is 11.0 Å². The molecule has 5 heteroatoms. The van der Waals surface area contributed by atoms with E-state index in [9.17, 15) is 4.79 Å². The van der Waals surface area contributed by atoms with E-state index in [0.717, 1.165) is 30.5 Å². The van der Waals surface area contributed by atoms with Crippen molar-refractivity contribution >= 4 is 5.70 Å². The van der Waals surface area contributed by atoms with Gasteiger partial charge in [0.1, 0.15) is 11.6 Å². The number of rotatable bonds is 6. The second kappa shape index (κ2) is 7.39. The van der Waals surface area contributed by atoms with Crippen LogP contribution in [-0.4, -0.2) is 12.1 Å². The maximum absolute atomic E-state index is 11.5. The first-order valence-corrected chi connectivity index (χ1v) is 6.27. The van der Waals surface area contributed by atoms with Gasteiger partial charge in [-0.15, -0.1) is 0 Å². The molecular formula is C14H19N3O2. The monoisotopic (exact) mass is 261 g/mol. The minimum absolute atomic E-state index is 0.0971. The molecule has 1 rings (SSSR count). The number of hydroxylamine groups is 1. The lowest BCUT2D eigenvalue weighted by Crippen LogP contribution is -2.17. The van der Waals surface area contributed by atoms with Gasteiger partial charge in [-0.2, -0.15) is 5.26 Å². The first-order valence-electron chi connectivity index (χ1n) is 6.27. The summed E-state index contributed by atoms with van der Waals surface area (Å²) in [5.74, 6) is 0. The van der Waals surface area contributed by atoms with Gasteiger partial charge in [0.05, 0.1) is 12.8 Å². The number of pyridine rings is 1. The highest BCUT2D eigenvalue weighted by atomic mass is 16.6. The zero-order chi connectivity index (χ0) is 14.3. The number of hydrogen-bond donors (Lipinski definition) is 2. The summed E-state index contributed by atoms with van der Waals surface area (Å²) in [5.41, 5.74) is 4.77. The summed E-state index contributed by atoms with van der Waals surface area (Å²) < 4.78 is 0. The molecule has 0 aliphatic heterocycles. The molecule has 0 amide bonds. The molecule has 0 aliphatic rings. The number of nitrogens with one attached hydrogen (secondary N) is 2. The number of allylic oxidation sites excluding steroid dienone is 1. The Labute approximate surface area is 112 Å². The highest BCUT2D eigenvalue weighted by Gasteiger charge is 2.09. The van der Waals surface area contributed by atoms with E-state index in [2.05, 4.69) is 17.4 Å². The molecule has 0 saturated carbocycles. The maximum atomic E-state index is 11.5. The summed E-state index contributed by atoms with van der Waals surface area (Å²) >= 11 is 0. The topological polar surface area (TPSA) is 77.9 Å². The fourth-order valence-electron chi connectivity index (χ4n) is 1.75. The van der Waals surface area contributed by atoms with Gasteiger partial charge >= 0.3 is 0 Å². The molecule has 1 heterocycles. The summed E-state index contributed by atoms with van der Waals surface area (Å²) in [4.78, 5) is 19.1. The summed E-state index contributed by atoms with van der Waals surface area (Å²) in [6.45, 7) is 3.92. The van der Waals surface area contributed by atoms with Crippen LogP contribution in [0.3, 0.4) is 0 Å². The Morgan fingerprint density at radius 3 is 2.95 bits per heavy atom. The van der Waals surface area contributed by atoms with Crippen molar-refractivity contribution in [2.24, 2.45) is 0 Å². The highest BCUT2D eigenvalue weighted by molar-refractivity contribution is 5.66. The minimum atomic E-state index is -0.367. The van der Waals surface area contributed by atoms with Crippen molar-refractivity contribution in [1.29, 1.82) is 5.26 Å². The molecule has 0 aliphatic carbocycles. The number of unbranched alkanes of at least 4 members (excludes halogenated alkanes) is 2. The average molecular weight is 261 g/mol. The van der Waals surface area contributed by atoms with Gasteiger partial charge in [-0.05, 0) is 25.8 Å². The van der Waals surface area contributed by atoms with Crippen LogP contribution in [0.5, 0.6) is 0 Å². The molecule has 0 atom stereocenters. The van der Waals surface area contributed by atoms with E-state index in [1.54, 1.807) is 13.0 Å². The summed E-state index contributed by atoms with van der Waals surface area (Å²) in [6, 6.07) is 3.47. The summed E-state index contributed by atoms with van der Waals surface area (Å²) in [5, 5.41) is 8.92. The second-order valence-electron chi connectivity index (χ2n) is 4.23. The molecule has 0 unspecified atom stereocenters. The molecule has 0 spiro atoms. The van der Waals surface area contributed by atoms with Crippen molar-refractivity contribution in [3.63, 3.8) is 0 Å². The van der Waals surface area contributed by atoms with Crippen LogP contribution in [0.1, 0.15) is 43.0 Å². The normalized spacial score (nSPS) is 11.2. The molecule has 5 nitrogen and oxygen atoms in total. The van der Waals surface area contributed by atoms with Gasteiger partial charge in [-0.3, -0.25) is 15.1 Å². The Hall–Kier alpha value is -2.06. The van der Waals surface area contributed by atoms with Gasteiger partial charge in [0.25, 0.3) is 5.56 Å². The van der Waals surface area contributed by atoms with Crippen LogP contribution in [0.2, 0.25) is 0 Å². The smallest absolute Gasteiger partial charge is 0.266 e. The first kappa shape index (κ1) is 15.0. The Balaban J connectivity index is 3.19. The lowest BCUT2D eigenvalue weighted by atomic mass is 10.1. The van der Waals surface area contributed by atoms with Crippen LogP contribution in [0.25, 0.3) is 5.70 Å². The van der Waals surface area contributed by atoms with Crippen LogP contribution in [0.4, 0.5) is 0 Å². The summed E-state index contributed by atoms with van der Waals surface area (Å²) in [6.07, 6.45) is 5.09. The quantitative estimate of drug-likeness (QED) is 0.608. The average Bonchev–Trinajstić information content (AvgIpc) is 2.38. The predicted octanol–water partition coefficient (Wildman–Crippen LogP) is 2.24. The van der Waals surface area contributed by atoms with Gasteiger partial charge in [-0.1, -0.05) is 19.4 Å². The minimum Gasteiger partial charge on any atom is -0.325 e. The third kappa shape index (κ3) is 3.97. The van der Waals surface area contributed by atoms with Crippen molar-refractivity contribution in [3.05, 3.63) is 39.3 Å². The van der Waals surface area contributed by atoms with Gasteiger partial charge in [0.15, 0.2) is 0 Å². The number of nitrogens with zero attached hydrogens (tertiary/aromatic N) is 1. The molecule has 0 aromatic carbocycles. The molecule has 1 aromatic rings. The number of aromatic nitrogens is 1. The van der Waals surface area contributed by atoms with E-state index in [1.165, 1.54) is 7.11 Å². The molecule has 0 radical (unpaired) electrons. The number of H-pyrrole nitrogens is 1. The van der Waals surface area contributed by atoms with E-state index < -0.39 is 0 Å². The number of hydrogen-bond acceptors (Lipinski definition) is 4. The lowest BCUT2D eigenvalue weighted by Gasteiger charge is -2.12. The third-order valence-electron chi connectivity index (χ3n) is 2.77. The molecule has 2 N–H and O–H groups in total. The lowest BCUT2D eigenvalue weighted by molar-refractivity contribution is 0.136. The van der Waals surface area contributed by atoms with Crippen molar-refractivity contribution in [2.45, 2.75) is 33.1 Å². The number of aromatic amines is 1. The molecule has 102 valence electrons. The fraction of sp³-hybridized carbons (Fsp3) is 0.429. The maximum Gasteiger partial charge on any atom is 0.266 e. The Morgan fingerprint density at radius 1 is 1.63 bits per heavy atom. The van der Waals surface area contributed by atoms with E-state index in [0.29, 0.717) is 5.69 Å². The van der Waals surface area contributed by atoms with Crippen molar-refractivity contribution < 1.29 is 4.84 Å². The zero-order valence-electron chi connectivity index (χ0n) is 11.5. The molecule has 0 bridgehead atoms. The van der Waals surface area contributed by atoms with Crippen LogP contribution >= 0.6 is 0 Å². The van der Waals surface area contributed by atoms with E-state index in [1.807, 2.05) is 12.1 Å². The molecular weight excluding hydrogens is 242 g/mol. The molecule has 1 aromatic heterocycles. The zero-order valence-corrected chi connectivity index (χ0v) is 11.5. The Morgan fingerprint density at radius 2 is 2.37 bits per heavy atom. The number of aryl methyl sites for hydroxylation is 1. The fourth-order valence-corrected chi connectivity index (χ4v) is 1.75. The van der Waals surface area contributed by atoms with Gasteiger partial charge in [-0.25, -0.2) is 0 Å². The van der Waals surface area contributed by atoms with Gasteiger partial charge in [0, 0.05) is 11.3 Å². The van der Waals surface area contributed by atoms with Crippen molar-refractivity contribution in [3.8, 4) is 6.07 Å². The van der Waals surface area contributed by atoms with E-state index >= 15 is 0 Å². The first-order chi connectivity index (χ1) is 9.13. The van der Waals surface area contributed by atoms with E-state index in [-0.39, 0.29) is 11.1 Å². The van der Waals surface area contributed by atoms with Crippen molar-refractivity contribution in [1.82, 2.24) is 10.5 Å². The van der Waals surface area contributed by atoms with Crippen LogP contribution in [0.15, 0.2) is 16.9 Å². The molecule has 0 saturated heterocycles. The van der Waals surface area contributed by atoms with Gasteiger partial charge < -0.3 is 4.98 Å². The standard InChI is InChI=1S/C14H19N3O2/c1-4-5-6-7-13(17-19-3)12-8-11(9-15)14(18)16-10(12)2/h7-8,17H,4-6H2,1-3H3,(H,16,18). The highest BCUT2D eigenvalue weighted by Crippen LogP contribution is 2.16. The second-order valence-corrected chi connectivity index (χ2v) is 4.23. The molecule has 0 fully saturated rings. The largest absolute Gasteiger partial charge is 0.325 e. The van der Waals surface area contributed by atoms with E-state index in [4.69, 9.17) is 10.1 Å².